The molecule has 1 N–H and O–H groups in total. The van der Waals surface area contributed by atoms with Gasteiger partial charge in [-0.2, -0.15) is 13.2 Å². The van der Waals surface area contributed by atoms with E-state index in [1.165, 1.54) is 22.7 Å². The van der Waals surface area contributed by atoms with E-state index >= 15 is 0 Å². The van der Waals surface area contributed by atoms with E-state index in [-0.39, 0.29) is 0 Å². The van der Waals surface area contributed by atoms with Crippen LogP contribution in [0.2, 0.25) is 0 Å². The number of guanidine groups is 1. The van der Waals surface area contributed by atoms with E-state index in [0.717, 1.165) is 17.7 Å². The monoisotopic (exact) mass is 408 g/mol. The van der Waals surface area contributed by atoms with Gasteiger partial charge in [0.15, 0.2) is 5.96 Å². The molecule has 0 aliphatic heterocycles. The summed E-state index contributed by atoms with van der Waals surface area (Å²) in [6.07, 6.45) is -2.56. The Morgan fingerprint density at radius 3 is 2.26 bits per heavy atom. The minimum atomic E-state index is -4.35. The lowest BCUT2D eigenvalue weighted by Crippen LogP contribution is -2.40. The minimum Gasteiger partial charge on any atom is -0.356 e. The molecule has 0 radical (unpaired) electrons. The van der Waals surface area contributed by atoms with Gasteiger partial charge in [0.05, 0.1) is 11.8 Å². The molecule has 10 heteroatoms. The van der Waals surface area contributed by atoms with Gasteiger partial charge >= 0.3 is 6.18 Å². The Kier molecular flexibility index (Phi) is 8.55. The highest BCUT2D eigenvalue weighted by atomic mass is 32.2. The van der Waals surface area contributed by atoms with E-state index in [1.807, 2.05) is 0 Å². The fourth-order valence-corrected chi connectivity index (χ4v) is 3.48. The summed E-state index contributed by atoms with van der Waals surface area (Å²) in [5, 5.41) is 3.13. The maximum atomic E-state index is 12.6. The molecule has 0 atom stereocenters. The average Bonchev–Trinajstić information content (AvgIpc) is 2.56. The molecule has 0 aromatic heterocycles. The molecule has 6 nitrogen and oxygen atoms in total. The number of halogens is 3. The summed E-state index contributed by atoms with van der Waals surface area (Å²) in [4.78, 5) is 5.93. The first kappa shape index (κ1) is 23.2. The zero-order valence-electron chi connectivity index (χ0n) is 16.0. The van der Waals surface area contributed by atoms with Crippen LogP contribution in [0.5, 0.6) is 0 Å². The molecule has 0 aliphatic carbocycles. The smallest absolute Gasteiger partial charge is 0.356 e. The number of hydrogen-bond acceptors (Lipinski definition) is 3. The van der Waals surface area contributed by atoms with Gasteiger partial charge in [0.2, 0.25) is 10.0 Å². The van der Waals surface area contributed by atoms with Gasteiger partial charge in [0.1, 0.15) is 0 Å². The Morgan fingerprint density at radius 1 is 1.22 bits per heavy atom. The van der Waals surface area contributed by atoms with Crippen molar-refractivity contribution in [3.8, 4) is 0 Å². The zero-order chi connectivity index (χ0) is 20.7. The second-order valence-corrected chi connectivity index (χ2v) is 8.12. The fraction of sp³-hybridized carbons (Fsp3) is 0.588. The molecule has 0 spiro atoms. The molecule has 0 amide bonds. The Balaban J connectivity index is 2.54. The van der Waals surface area contributed by atoms with Crippen molar-refractivity contribution in [3.63, 3.8) is 0 Å². The minimum absolute atomic E-state index is 0.391. The van der Waals surface area contributed by atoms with E-state index < -0.39 is 21.8 Å². The summed E-state index contributed by atoms with van der Waals surface area (Å²) in [7, 11) is 0.184. The first-order valence-corrected chi connectivity index (χ1v) is 10.4. The van der Waals surface area contributed by atoms with Crippen LogP contribution in [0.15, 0.2) is 29.3 Å². The van der Waals surface area contributed by atoms with Gasteiger partial charge < -0.3 is 10.2 Å². The van der Waals surface area contributed by atoms with Crippen molar-refractivity contribution in [1.29, 1.82) is 0 Å². The molecular formula is C17H27F3N4O2S. The van der Waals surface area contributed by atoms with Gasteiger partial charge in [-0.05, 0) is 24.1 Å². The van der Waals surface area contributed by atoms with E-state index in [0.29, 0.717) is 38.6 Å². The van der Waals surface area contributed by atoms with Crippen LogP contribution in [0.25, 0.3) is 0 Å². The van der Waals surface area contributed by atoms with Crippen LogP contribution < -0.4 is 5.32 Å². The van der Waals surface area contributed by atoms with Crippen molar-refractivity contribution < 1.29 is 21.6 Å². The average molecular weight is 408 g/mol. The molecule has 154 valence electrons. The van der Waals surface area contributed by atoms with E-state index in [4.69, 9.17) is 0 Å². The van der Waals surface area contributed by atoms with Crippen LogP contribution in [0, 0.1) is 0 Å². The third kappa shape index (κ3) is 7.76. The fourth-order valence-electron chi connectivity index (χ4n) is 2.55. The SMILES string of the molecule is CCN(CCCNC(=NC)N(C)Cc1ccc(C(F)(F)F)cc1)S(C)(=O)=O. The molecule has 0 unspecified atom stereocenters. The standard InChI is InChI=1S/C17H27F3N4O2S/c1-5-24(27(4,25)26)12-6-11-22-16(21-2)23(3)13-14-7-9-15(10-8-14)17(18,19)20/h7-10H,5-6,11-13H2,1-4H3,(H,21,22). The lowest BCUT2D eigenvalue weighted by Gasteiger charge is -2.23. The van der Waals surface area contributed by atoms with E-state index in [9.17, 15) is 21.6 Å². The predicted octanol–water partition coefficient (Wildman–Crippen LogP) is 2.38. The second kappa shape index (κ2) is 9.93. The Morgan fingerprint density at radius 2 is 1.81 bits per heavy atom. The number of alkyl halides is 3. The summed E-state index contributed by atoms with van der Waals surface area (Å²) < 4.78 is 62.3. The van der Waals surface area contributed by atoms with Crippen molar-refractivity contribution in [3.05, 3.63) is 35.4 Å². The van der Waals surface area contributed by atoms with Gasteiger partial charge in [-0.1, -0.05) is 19.1 Å². The summed E-state index contributed by atoms with van der Waals surface area (Å²) in [5.41, 5.74) is 0.0467. The molecule has 0 saturated heterocycles. The number of benzene rings is 1. The van der Waals surface area contributed by atoms with Crippen LogP contribution in [-0.2, 0) is 22.7 Å². The normalized spacial score (nSPS) is 13.1. The Labute approximate surface area is 159 Å². The predicted molar refractivity (Wildman–Crippen MR) is 101 cm³/mol. The quantitative estimate of drug-likeness (QED) is 0.408. The largest absolute Gasteiger partial charge is 0.416 e. The molecule has 0 saturated carbocycles. The summed E-state index contributed by atoms with van der Waals surface area (Å²) in [6, 6.07) is 5.00. The summed E-state index contributed by atoms with van der Waals surface area (Å²) in [6.45, 7) is 3.52. The van der Waals surface area contributed by atoms with Crippen molar-refractivity contribution in [2.75, 3.05) is 40.0 Å². The Bertz CT molecular complexity index is 719. The van der Waals surface area contributed by atoms with Crippen molar-refractivity contribution >= 4 is 16.0 Å². The van der Waals surface area contributed by atoms with Gasteiger partial charge in [-0.3, -0.25) is 4.99 Å². The van der Waals surface area contributed by atoms with Crippen LogP contribution in [0.4, 0.5) is 13.2 Å². The number of aliphatic imine (C=N–C) groups is 1. The van der Waals surface area contributed by atoms with Crippen LogP contribution in [0.1, 0.15) is 24.5 Å². The summed E-state index contributed by atoms with van der Waals surface area (Å²) in [5.74, 6) is 0.581. The van der Waals surface area contributed by atoms with Crippen LogP contribution >= 0.6 is 0 Å². The number of nitrogens with one attached hydrogen (secondary N) is 1. The van der Waals surface area contributed by atoms with Crippen LogP contribution in [0.3, 0.4) is 0 Å². The van der Waals surface area contributed by atoms with Crippen molar-refractivity contribution in [1.82, 2.24) is 14.5 Å². The molecule has 1 aromatic rings. The molecule has 27 heavy (non-hydrogen) atoms. The Hall–Kier alpha value is -1.81. The molecule has 1 aromatic carbocycles. The topological polar surface area (TPSA) is 65.0 Å². The van der Waals surface area contributed by atoms with Crippen molar-refractivity contribution in [2.24, 2.45) is 4.99 Å². The summed E-state index contributed by atoms with van der Waals surface area (Å²) >= 11 is 0. The lowest BCUT2D eigenvalue weighted by molar-refractivity contribution is -0.137. The molecule has 0 fully saturated rings. The molecule has 0 heterocycles. The van der Waals surface area contributed by atoms with E-state index in [1.54, 1.807) is 25.9 Å². The first-order chi connectivity index (χ1) is 12.5. The molecule has 1 rings (SSSR count). The second-order valence-electron chi connectivity index (χ2n) is 6.13. The number of nitrogens with zero attached hydrogens (tertiary/aromatic N) is 3. The highest BCUT2D eigenvalue weighted by Crippen LogP contribution is 2.29. The van der Waals surface area contributed by atoms with Gasteiger partial charge in [0.25, 0.3) is 0 Å². The lowest BCUT2D eigenvalue weighted by atomic mass is 10.1. The molecule has 0 bridgehead atoms. The first-order valence-electron chi connectivity index (χ1n) is 8.52. The number of hydrogen-bond donors (Lipinski definition) is 1. The molecule has 0 aliphatic rings. The van der Waals surface area contributed by atoms with Crippen LogP contribution in [-0.4, -0.2) is 63.6 Å². The maximum Gasteiger partial charge on any atom is 0.416 e. The zero-order valence-corrected chi connectivity index (χ0v) is 16.9. The molecular weight excluding hydrogens is 381 g/mol. The van der Waals surface area contributed by atoms with E-state index in [2.05, 4.69) is 10.3 Å². The highest BCUT2D eigenvalue weighted by molar-refractivity contribution is 7.88. The third-order valence-electron chi connectivity index (χ3n) is 3.96. The van der Waals surface area contributed by atoms with Gasteiger partial charge in [-0.15, -0.1) is 0 Å². The number of rotatable bonds is 8. The van der Waals surface area contributed by atoms with Crippen molar-refractivity contribution in [2.45, 2.75) is 26.1 Å². The van der Waals surface area contributed by atoms with Gasteiger partial charge in [0, 0.05) is 40.3 Å². The number of sulfonamides is 1. The van der Waals surface area contributed by atoms with Gasteiger partial charge in [-0.25, -0.2) is 12.7 Å². The third-order valence-corrected chi connectivity index (χ3v) is 5.34. The maximum absolute atomic E-state index is 12.6. The highest BCUT2D eigenvalue weighted by Gasteiger charge is 2.29.